The van der Waals surface area contributed by atoms with Gasteiger partial charge in [0.05, 0.1) is 11.8 Å². The molecule has 1 N–H and O–H groups in total. The molecule has 0 radical (unpaired) electrons. The average molecular weight is 488 g/mol. The highest BCUT2D eigenvalue weighted by molar-refractivity contribution is 7.92. The van der Waals surface area contributed by atoms with E-state index in [0.717, 1.165) is 47.1 Å². The van der Waals surface area contributed by atoms with Crippen LogP contribution in [-0.2, 0) is 22.8 Å². The van der Waals surface area contributed by atoms with Gasteiger partial charge in [-0.1, -0.05) is 42.5 Å². The van der Waals surface area contributed by atoms with Crippen LogP contribution in [0.1, 0.15) is 41.5 Å². The van der Waals surface area contributed by atoms with Crippen molar-refractivity contribution in [3.8, 4) is 5.75 Å². The maximum Gasteiger partial charge on any atom is 0.416 e. The molecule has 0 heterocycles. The summed E-state index contributed by atoms with van der Waals surface area (Å²) in [6, 6.07) is 19.9. The number of benzene rings is 3. The standard InChI is InChI=1S/C26H24F3NO3S/c1-34(31,32)30-21-10-5-9-19(15-21)22-11-6-12-23(22)24-16-20(26(27,28)29)13-14-25(24)33-17-18-7-3-2-4-8-18/h2-5,7-10,13-16,30H,6,11-12,17H2,1H3. The average Bonchev–Trinajstić information content (AvgIpc) is 3.26. The van der Waals surface area contributed by atoms with Crippen molar-refractivity contribution < 1.29 is 26.3 Å². The molecule has 3 aromatic rings. The minimum atomic E-state index is -4.48. The van der Waals surface area contributed by atoms with Crippen molar-refractivity contribution in [2.24, 2.45) is 0 Å². The van der Waals surface area contributed by atoms with Crippen LogP contribution in [0.15, 0.2) is 72.8 Å². The van der Waals surface area contributed by atoms with Gasteiger partial charge in [0.15, 0.2) is 0 Å². The first kappa shape index (κ1) is 23.9. The van der Waals surface area contributed by atoms with Crippen LogP contribution in [0.3, 0.4) is 0 Å². The molecule has 0 fully saturated rings. The van der Waals surface area contributed by atoms with Crippen molar-refractivity contribution in [1.82, 2.24) is 0 Å². The molecule has 34 heavy (non-hydrogen) atoms. The van der Waals surface area contributed by atoms with Gasteiger partial charge in [-0.25, -0.2) is 8.42 Å². The summed E-state index contributed by atoms with van der Waals surface area (Å²) < 4.78 is 72.4. The third-order valence-electron chi connectivity index (χ3n) is 5.60. The Morgan fingerprint density at radius 3 is 2.35 bits per heavy atom. The lowest BCUT2D eigenvalue weighted by Crippen LogP contribution is -2.09. The van der Waals surface area contributed by atoms with Crippen LogP contribution in [0.5, 0.6) is 5.75 Å². The minimum absolute atomic E-state index is 0.232. The lowest BCUT2D eigenvalue weighted by Gasteiger charge is -2.17. The van der Waals surface area contributed by atoms with Gasteiger partial charge in [-0.05, 0) is 71.9 Å². The molecular formula is C26H24F3NO3S. The summed E-state index contributed by atoms with van der Waals surface area (Å²) in [7, 11) is -3.46. The number of hydrogen-bond donors (Lipinski definition) is 1. The molecule has 0 saturated carbocycles. The maximum atomic E-state index is 13.5. The van der Waals surface area contributed by atoms with E-state index in [2.05, 4.69) is 4.72 Å². The monoisotopic (exact) mass is 487 g/mol. The summed E-state index contributed by atoms with van der Waals surface area (Å²) in [5.74, 6) is 0.386. The lowest BCUT2D eigenvalue weighted by molar-refractivity contribution is -0.137. The van der Waals surface area contributed by atoms with E-state index >= 15 is 0 Å². The van der Waals surface area contributed by atoms with Gasteiger partial charge in [0, 0.05) is 11.3 Å². The van der Waals surface area contributed by atoms with Gasteiger partial charge >= 0.3 is 6.18 Å². The summed E-state index contributed by atoms with van der Waals surface area (Å²) >= 11 is 0. The molecule has 1 aliphatic carbocycles. The third-order valence-corrected chi connectivity index (χ3v) is 6.21. The number of alkyl halides is 3. The summed E-state index contributed by atoms with van der Waals surface area (Å²) in [5.41, 5.74) is 3.44. The Bertz CT molecular complexity index is 1320. The molecule has 4 nitrogen and oxygen atoms in total. The van der Waals surface area contributed by atoms with Gasteiger partial charge in [-0.15, -0.1) is 0 Å². The fraction of sp³-hybridized carbons (Fsp3) is 0.231. The van der Waals surface area contributed by atoms with Gasteiger partial charge < -0.3 is 4.74 Å². The number of ether oxygens (including phenoxy) is 1. The predicted molar refractivity (Wildman–Crippen MR) is 128 cm³/mol. The zero-order chi connectivity index (χ0) is 24.3. The summed E-state index contributed by atoms with van der Waals surface area (Å²) in [6.45, 7) is 0.232. The number of allylic oxidation sites excluding steroid dienone is 2. The van der Waals surface area contributed by atoms with Crippen LogP contribution < -0.4 is 9.46 Å². The van der Waals surface area contributed by atoms with Crippen molar-refractivity contribution in [2.45, 2.75) is 32.0 Å². The zero-order valence-electron chi connectivity index (χ0n) is 18.5. The van der Waals surface area contributed by atoms with Gasteiger partial charge in [-0.2, -0.15) is 13.2 Å². The van der Waals surface area contributed by atoms with E-state index in [1.807, 2.05) is 36.4 Å². The molecule has 0 saturated heterocycles. The quantitative estimate of drug-likeness (QED) is 0.401. The Hall–Kier alpha value is -3.26. The molecule has 0 atom stereocenters. The summed E-state index contributed by atoms with van der Waals surface area (Å²) in [5, 5.41) is 0. The SMILES string of the molecule is CS(=O)(=O)Nc1cccc(C2=C(c3cc(C(F)(F)F)ccc3OCc3ccccc3)CCC2)c1. The van der Waals surface area contributed by atoms with Gasteiger partial charge in [-0.3, -0.25) is 4.72 Å². The molecule has 8 heteroatoms. The number of halogens is 3. The lowest BCUT2D eigenvalue weighted by atomic mass is 9.95. The van der Waals surface area contributed by atoms with Crippen LogP contribution in [0.25, 0.3) is 11.1 Å². The molecule has 1 aliphatic rings. The van der Waals surface area contributed by atoms with Crippen LogP contribution in [-0.4, -0.2) is 14.7 Å². The number of hydrogen-bond acceptors (Lipinski definition) is 3. The van der Waals surface area contributed by atoms with Crippen molar-refractivity contribution >= 4 is 26.9 Å². The first-order chi connectivity index (χ1) is 16.1. The smallest absolute Gasteiger partial charge is 0.416 e. The van der Waals surface area contributed by atoms with E-state index in [0.29, 0.717) is 29.8 Å². The number of anilines is 1. The van der Waals surface area contributed by atoms with Crippen molar-refractivity contribution in [2.75, 3.05) is 11.0 Å². The van der Waals surface area contributed by atoms with Crippen LogP contribution in [0, 0.1) is 0 Å². The Kier molecular flexibility index (Phi) is 6.70. The molecule has 0 amide bonds. The number of nitrogens with one attached hydrogen (secondary N) is 1. The number of sulfonamides is 1. The van der Waals surface area contributed by atoms with Gasteiger partial charge in [0.1, 0.15) is 12.4 Å². The van der Waals surface area contributed by atoms with Crippen molar-refractivity contribution in [3.05, 3.63) is 95.1 Å². The van der Waals surface area contributed by atoms with E-state index in [9.17, 15) is 21.6 Å². The first-order valence-corrected chi connectivity index (χ1v) is 12.7. The third kappa shape index (κ3) is 5.80. The molecule has 4 rings (SSSR count). The Morgan fingerprint density at radius 1 is 0.912 bits per heavy atom. The second-order valence-electron chi connectivity index (χ2n) is 8.25. The molecule has 3 aromatic carbocycles. The first-order valence-electron chi connectivity index (χ1n) is 10.8. The van der Waals surface area contributed by atoms with Crippen molar-refractivity contribution in [1.29, 1.82) is 0 Å². The molecule has 178 valence electrons. The highest BCUT2D eigenvalue weighted by Gasteiger charge is 2.32. The van der Waals surface area contributed by atoms with E-state index in [1.165, 1.54) is 6.07 Å². The molecule has 0 bridgehead atoms. The fourth-order valence-electron chi connectivity index (χ4n) is 4.15. The zero-order valence-corrected chi connectivity index (χ0v) is 19.3. The van der Waals surface area contributed by atoms with Gasteiger partial charge in [0.25, 0.3) is 0 Å². The van der Waals surface area contributed by atoms with E-state index in [4.69, 9.17) is 4.74 Å². The maximum absolute atomic E-state index is 13.5. The highest BCUT2D eigenvalue weighted by atomic mass is 32.2. The highest BCUT2D eigenvalue weighted by Crippen LogP contribution is 2.45. The largest absolute Gasteiger partial charge is 0.488 e. The molecule has 0 unspecified atom stereocenters. The molecule has 0 aromatic heterocycles. The molecular weight excluding hydrogens is 463 g/mol. The second-order valence-corrected chi connectivity index (χ2v) is 10.00. The summed E-state index contributed by atoms with van der Waals surface area (Å²) in [4.78, 5) is 0. The Morgan fingerprint density at radius 2 is 1.65 bits per heavy atom. The number of rotatable bonds is 7. The predicted octanol–water partition coefficient (Wildman–Crippen LogP) is 6.75. The van der Waals surface area contributed by atoms with Crippen LogP contribution >= 0.6 is 0 Å². The normalized spacial score (nSPS) is 14.4. The van der Waals surface area contributed by atoms with Crippen LogP contribution in [0.4, 0.5) is 18.9 Å². The topological polar surface area (TPSA) is 55.4 Å². The summed E-state index contributed by atoms with van der Waals surface area (Å²) in [6.07, 6.45) is -1.36. The minimum Gasteiger partial charge on any atom is -0.488 e. The van der Waals surface area contributed by atoms with Crippen LogP contribution in [0.2, 0.25) is 0 Å². The molecule has 0 spiro atoms. The van der Waals surface area contributed by atoms with Crippen molar-refractivity contribution in [3.63, 3.8) is 0 Å². The van der Waals surface area contributed by atoms with Gasteiger partial charge in [0.2, 0.25) is 10.0 Å². The molecule has 0 aliphatic heterocycles. The van der Waals surface area contributed by atoms with E-state index in [-0.39, 0.29) is 6.61 Å². The second kappa shape index (κ2) is 9.54. The fourth-order valence-corrected chi connectivity index (χ4v) is 4.70. The van der Waals surface area contributed by atoms with E-state index < -0.39 is 21.8 Å². The Labute approximate surface area is 197 Å². The Balaban J connectivity index is 1.77. The van der Waals surface area contributed by atoms with E-state index in [1.54, 1.807) is 18.2 Å².